The average Bonchev–Trinajstić information content (AvgIpc) is 3.04. The minimum atomic E-state index is -0.156. The summed E-state index contributed by atoms with van der Waals surface area (Å²) in [4.78, 5) is 14.3. The van der Waals surface area contributed by atoms with Gasteiger partial charge < -0.3 is 14.4 Å². The molecule has 0 bridgehead atoms. The molecule has 0 fully saturated rings. The summed E-state index contributed by atoms with van der Waals surface area (Å²) < 4.78 is 12.4. The smallest absolute Gasteiger partial charge is 0.257 e. The third-order valence-electron chi connectivity index (χ3n) is 3.77. The molecule has 1 heterocycles. The number of carbonyl (C=O) groups is 1. The van der Waals surface area contributed by atoms with Crippen molar-refractivity contribution in [2.24, 2.45) is 0 Å². The Morgan fingerprint density at radius 3 is 2.50 bits per heavy atom. The van der Waals surface area contributed by atoms with Crippen LogP contribution in [0.15, 0.2) is 30.6 Å². The van der Waals surface area contributed by atoms with E-state index >= 15 is 0 Å². The molecule has 0 atom stereocenters. The van der Waals surface area contributed by atoms with Gasteiger partial charge >= 0.3 is 0 Å². The summed E-state index contributed by atoms with van der Waals surface area (Å²) in [5.41, 5.74) is 1.33. The van der Waals surface area contributed by atoms with Crippen LogP contribution in [0.1, 0.15) is 36.7 Å². The molecular formula is C18H25N3O3. The second kappa shape index (κ2) is 6.95. The predicted octanol–water partition coefficient (Wildman–Crippen LogP) is 2.93. The van der Waals surface area contributed by atoms with Gasteiger partial charge in [0.15, 0.2) is 0 Å². The van der Waals surface area contributed by atoms with Crippen LogP contribution in [-0.4, -0.2) is 41.9 Å². The summed E-state index contributed by atoms with van der Waals surface area (Å²) in [7, 11) is 4.98. The highest BCUT2D eigenvalue weighted by molar-refractivity contribution is 5.93. The number of nitrogens with zero attached hydrogens (tertiary/aromatic N) is 3. The highest BCUT2D eigenvalue weighted by Gasteiger charge is 2.20. The Balaban J connectivity index is 2.16. The molecule has 1 aromatic carbocycles. The van der Waals surface area contributed by atoms with Gasteiger partial charge in [-0.25, -0.2) is 0 Å². The standard InChI is InChI=1S/C18H25N3O3/c1-18(2,3)21-12-14(10-19-21)17(22)20(4)11-13-7-8-15(23-5)9-16(13)24-6/h7-10,12H,11H2,1-6H3. The zero-order chi connectivity index (χ0) is 17.9. The molecular weight excluding hydrogens is 306 g/mol. The van der Waals surface area contributed by atoms with E-state index in [1.165, 1.54) is 0 Å². The second-order valence-electron chi connectivity index (χ2n) is 6.68. The maximum absolute atomic E-state index is 12.6. The van der Waals surface area contributed by atoms with Crippen LogP contribution in [0.25, 0.3) is 0 Å². The molecule has 0 unspecified atom stereocenters. The van der Waals surface area contributed by atoms with Crippen LogP contribution >= 0.6 is 0 Å². The van der Waals surface area contributed by atoms with Gasteiger partial charge in [0.2, 0.25) is 0 Å². The van der Waals surface area contributed by atoms with Crippen molar-refractivity contribution in [1.29, 1.82) is 0 Å². The maximum Gasteiger partial charge on any atom is 0.257 e. The van der Waals surface area contributed by atoms with E-state index in [-0.39, 0.29) is 11.4 Å². The number of hydrogen-bond acceptors (Lipinski definition) is 4. The number of ether oxygens (including phenoxy) is 2. The summed E-state index contributed by atoms with van der Waals surface area (Å²) >= 11 is 0. The molecule has 6 nitrogen and oxygen atoms in total. The van der Waals surface area contributed by atoms with Crippen LogP contribution in [0, 0.1) is 0 Å². The van der Waals surface area contributed by atoms with E-state index in [1.807, 2.05) is 39.0 Å². The Labute approximate surface area is 143 Å². The van der Waals surface area contributed by atoms with E-state index in [1.54, 1.807) is 43.2 Å². The normalized spacial score (nSPS) is 11.2. The Morgan fingerprint density at radius 1 is 1.25 bits per heavy atom. The van der Waals surface area contributed by atoms with Crippen molar-refractivity contribution in [2.45, 2.75) is 32.9 Å². The van der Waals surface area contributed by atoms with E-state index in [2.05, 4.69) is 5.10 Å². The lowest BCUT2D eigenvalue weighted by molar-refractivity contribution is 0.0784. The van der Waals surface area contributed by atoms with Gasteiger partial charge in [-0.15, -0.1) is 0 Å². The van der Waals surface area contributed by atoms with E-state index < -0.39 is 0 Å². The first-order valence-corrected chi connectivity index (χ1v) is 7.77. The molecule has 0 saturated heterocycles. The first-order chi connectivity index (χ1) is 11.3. The van der Waals surface area contributed by atoms with Crippen molar-refractivity contribution in [3.63, 3.8) is 0 Å². The number of aromatic nitrogens is 2. The molecule has 0 radical (unpaired) electrons. The van der Waals surface area contributed by atoms with Crippen LogP contribution in [-0.2, 0) is 12.1 Å². The second-order valence-corrected chi connectivity index (χ2v) is 6.68. The minimum absolute atomic E-state index is 0.0802. The Kier molecular flexibility index (Phi) is 5.17. The van der Waals surface area contributed by atoms with Gasteiger partial charge in [0.05, 0.1) is 31.5 Å². The van der Waals surface area contributed by atoms with Crippen LogP contribution < -0.4 is 9.47 Å². The molecule has 24 heavy (non-hydrogen) atoms. The van der Waals surface area contributed by atoms with Crippen molar-refractivity contribution in [1.82, 2.24) is 14.7 Å². The quantitative estimate of drug-likeness (QED) is 0.845. The number of methoxy groups -OCH3 is 2. The lowest BCUT2D eigenvalue weighted by atomic mass is 10.1. The van der Waals surface area contributed by atoms with Crippen LogP contribution in [0.5, 0.6) is 11.5 Å². The molecule has 6 heteroatoms. The van der Waals surface area contributed by atoms with Crippen molar-refractivity contribution in [2.75, 3.05) is 21.3 Å². The van der Waals surface area contributed by atoms with Gasteiger partial charge in [-0.1, -0.05) is 0 Å². The topological polar surface area (TPSA) is 56.6 Å². The Hall–Kier alpha value is -2.50. The largest absolute Gasteiger partial charge is 0.497 e. The highest BCUT2D eigenvalue weighted by atomic mass is 16.5. The van der Waals surface area contributed by atoms with Crippen molar-refractivity contribution < 1.29 is 14.3 Å². The summed E-state index contributed by atoms with van der Waals surface area (Å²) in [6, 6.07) is 5.57. The monoisotopic (exact) mass is 331 g/mol. The first kappa shape index (κ1) is 17.8. The van der Waals surface area contributed by atoms with Crippen LogP contribution in [0.2, 0.25) is 0 Å². The van der Waals surface area contributed by atoms with E-state index in [4.69, 9.17) is 9.47 Å². The summed E-state index contributed by atoms with van der Waals surface area (Å²) in [6.07, 6.45) is 3.39. The molecule has 0 aliphatic rings. The first-order valence-electron chi connectivity index (χ1n) is 7.77. The zero-order valence-corrected chi connectivity index (χ0v) is 15.2. The third kappa shape index (κ3) is 3.88. The SMILES string of the molecule is COc1ccc(CN(C)C(=O)c2cnn(C(C)(C)C)c2)c(OC)c1. The number of carbonyl (C=O) groups excluding carboxylic acids is 1. The fourth-order valence-electron chi connectivity index (χ4n) is 2.33. The average molecular weight is 331 g/mol. The molecule has 1 amide bonds. The molecule has 0 saturated carbocycles. The van der Waals surface area contributed by atoms with Crippen molar-refractivity contribution in [3.05, 3.63) is 41.7 Å². The number of hydrogen-bond donors (Lipinski definition) is 0. The van der Waals surface area contributed by atoms with E-state index in [0.717, 1.165) is 11.3 Å². The predicted molar refractivity (Wildman–Crippen MR) is 92.6 cm³/mol. The van der Waals surface area contributed by atoms with Gasteiger partial charge in [0.25, 0.3) is 5.91 Å². The molecule has 2 rings (SSSR count). The van der Waals surface area contributed by atoms with E-state index in [0.29, 0.717) is 17.9 Å². The summed E-state index contributed by atoms with van der Waals surface area (Å²) in [6.45, 7) is 6.56. The van der Waals surface area contributed by atoms with Gasteiger partial charge in [0, 0.05) is 31.4 Å². The molecule has 130 valence electrons. The molecule has 0 spiro atoms. The number of benzene rings is 1. The van der Waals surface area contributed by atoms with E-state index in [9.17, 15) is 4.79 Å². The number of rotatable bonds is 5. The molecule has 0 aliphatic heterocycles. The van der Waals surface area contributed by atoms with Gasteiger partial charge in [-0.3, -0.25) is 9.48 Å². The van der Waals surface area contributed by atoms with Crippen LogP contribution in [0.4, 0.5) is 0 Å². The zero-order valence-electron chi connectivity index (χ0n) is 15.2. The Bertz CT molecular complexity index is 717. The molecule has 1 aromatic heterocycles. The summed E-state index contributed by atoms with van der Waals surface area (Å²) in [5.74, 6) is 1.33. The molecule has 0 aliphatic carbocycles. The minimum Gasteiger partial charge on any atom is -0.497 e. The van der Waals surface area contributed by atoms with Gasteiger partial charge in [-0.05, 0) is 32.9 Å². The third-order valence-corrected chi connectivity index (χ3v) is 3.77. The number of amides is 1. The maximum atomic E-state index is 12.6. The lowest BCUT2D eigenvalue weighted by Crippen LogP contribution is -2.26. The lowest BCUT2D eigenvalue weighted by Gasteiger charge is -2.20. The van der Waals surface area contributed by atoms with Gasteiger partial charge in [0.1, 0.15) is 11.5 Å². The fraction of sp³-hybridized carbons (Fsp3) is 0.444. The van der Waals surface area contributed by atoms with Crippen molar-refractivity contribution in [3.8, 4) is 11.5 Å². The summed E-state index contributed by atoms with van der Waals surface area (Å²) in [5, 5.41) is 4.28. The molecule has 2 aromatic rings. The Morgan fingerprint density at radius 2 is 1.96 bits per heavy atom. The van der Waals surface area contributed by atoms with Crippen molar-refractivity contribution >= 4 is 5.91 Å². The fourth-order valence-corrected chi connectivity index (χ4v) is 2.33. The van der Waals surface area contributed by atoms with Crippen LogP contribution in [0.3, 0.4) is 0 Å². The van der Waals surface area contributed by atoms with Gasteiger partial charge in [-0.2, -0.15) is 5.10 Å². The highest BCUT2D eigenvalue weighted by Crippen LogP contribution is 2.26. The molecule has 0 N–H and O–H groups in total.